The summed E-state index contributed by atoms with van der Waals surface area (Å²) in [6.07, 6.45) is 0.671. The van der Waals surface area contributed by atoms with E-state index in [0.717, 1.165) is 16.8 Å². The fraction of sp³-hybridized carbons (Fsp3) is 0.176. The number of hydrogen-bond donors (Lipinski definition) is 2. The molecular formula is C17H17ClN2O2. The van der Waals surface area contributed by atoms with Gasteiger partial charge in [0.25, 0.3) is 5.91 Å². The van der Waals surface area contributed by atoms with E-state index in [1.807, 2.05) is 38.1 Å². The first-order chi connectivity index (χ1) is 10.5. The predicted octanol–water partition coefficient (Wildman–Crippen LogP) is 3.90. The van der Waals surface area contributed by atoms with Crippen LogP contribution in [0, 0.1) is 6.92 Å². The van der Waals surface area contributed by atoms with Gasteiger partial charge in [-0.05, 0) is 37.1 Å². The van der Waals surface area contributed by atoms with Crippen molar-refractivity contribution in [2.75, 3.05) is 0 Å². The van der Waals surface area contributed by atoms with Crippen LogP contribution in [-0.2, 0) is 0 Å². The molecule has 0 saturated heterocycles. The van der Waals surface area contributed by atoms with Gasteiger partial charge in [-0.25, -0.2) is 5.43 Å². The van der Waals surface area contributed by atoms with Crippen molar-refractivity contribution in [1.29, 1.82) is 0 Å². The zero-order valence-corrected chi connectivity index (χ0v) is 13.2. The average Bonchev–Trinajstić information content (AvgIpc) is 2.51. The van der Waals surface area contributed by atoms with Gasteiger partial charge in [-0.2, -0.15) is 5.10 Å². The second-order valence-corrected chi connectivity index (χ2v) is 5.32. The second-order valence-electron chi connectivity index (χ2n) is 4.88. The van der Waals surface area contributed by atoms with Gasteiger partial charge < -0.3 is 5.11 Å². The van der Waals surface area contributed by atoms with Crippen molar-refractivity contribution < 1.29 is 9.90 Å². The Bertz CT molecular complexity index is 709. The van der Waals surface area contributed by atoms with E-state index in [4.69, 9.17) is 11.6 Å². The lowest BCUT2D eigenvalue weighted by atomic mass is 10.1. The standard InChI is InChI=1S/C17H17ClN2O2/c1-3-15(12-6-4-11(2)5-7-12)19-20-17(22)14-10-13(18)8-9-16(14)21/h4-10,21H,3H2,1-2H3,(H,20,22). The molecule has 0 spiro atoms. The SMILES string of the molecule is CCC(=NNC(=O)c1cc(Cl)ccc1O)c1ccc(C)cc1. The summed E-state index contributed by atoms with van der Waals surface area (Å²) >= 11 is 5.83. The molecule has 0 aliphatic heterocycles. The van der Waals surface area contributed by atoms with Gasteiger partial charge in [-0.3, -0.25) is 4.79 Å². The summed E-state index contributed by atoms with van der Waals surface area (Å²) in [4.78, 5) is 12.1. The van der Waals surface area contributed by atoms with Crippen LogP contribution in [0.15, 0.2) is 47.6 Å². The monoisotopic (exact) mass is 316 g/mol. The van der Waals surface area contributed by atoms with Crippen LogP contribution >= 0.6 is 11.6 Å². The lowest BCUT2D eigenvalue weighted by Gasteiger charge is -2.07. The lowest BCUT2D eigenvalue weighted by molar-refractivity contribution is 0.0952. The second kappa shape index (κ2) is 7.09. The van der Waals surface area contributed by atoms with E-state index < -0.39 is 5.91 Å². The highest BCUT2D eigenvalue weighted by atomic mass is 35.5. The highest BCUT2D eigenvalue weighted by Crippen LogP contribution is 2.21. The molecule has 2 aromatic rings. The van der Waals surface area contributed by atoms with E-state index >= 15 is 0 Å². The van der Waals surface area contributed by atoms with E-state index in [-0.39, 0.29) is 11.3 Å². The molecule has 0 unspecified atom stereocenters. The normalized spacial score (nSPS) is 11.3. The molecule has 114 valence electrons. The fourth-order valence-electron chi connectivity index (χ4n) is 1.96. The number of phenols is 1. The molecule has 0 heterocycles. The van der Waals surface area contributed by atoms with Gasteiger partial charge in [0.15, 0.2) is 0 Å². The van der Waals surface area contributed by atoms with Gasteiger partial charge in [-0.1, -0.05) is 48.4 Å². The van der Waals surface area contributed by atoms with E-state index in [2.05, 4.69) is 10.5 Å². The molecule has 22 heavy (non-hydrogen) atoms. The smallest absolute Gasteiger partial charge is 0.275 e. The minimum Gasteiger partial charge on any atom is -0.507 e. The van der Waals surface area contributed by atoms with Gasteiger partial charge in [-0.15, -0.1) is 0 Å². The Morgan fingerprint density at radius 3 is 2.55 bits per heavy atom. The maximum atomic E-state index is 12.1. The number of halogens is 1. The first-order valence-corrected chi connectivity index (χ1v) is 7.31. The zero-order valence-electron chi connectivity index (χ0n) is 12.4. The molecule has 5 heteroatoms. The average molecular weight is 317 g/mol. The van der Waals surface area contributed by atoms with E-state index in [1.165, 1.54) is 18.2 Å². The van der Waals surface area contributed by atoms with E-state index in [0.29, 0.717) is 11.4 Å². The molecule has 0 aliphatic carbocycles. The number of benzene rings is 2. The molecular weight excluding hydrogens is 300 g/mol. The maximum absolute atomic E-state index is 12.1. The molecule has 0 bridgehead atoms. The molecule has 4 nitrogen and oxygen atoms in total. The minimum atomic E-state index is -0.502. The quantitative estimate of drug-likeness (QED) is 0.664. The Morgan fingerprint density at radius 1 is 1.23 bits per heavy atom. The van der Waals surface area contributed by atoms with Crippen LogP contribution < -0.4 is 5.43 Å². The van der Waals surface area contributed by atoms with Crippen molar-refractivity contribution in [3.8, 4) is 5.75 Å². The lowest BCUT2D eigenvalue weighted by Crippen LogP contribution is -2.20. The fourth-order valence-corrected chi connectivity index (χ4v) is 2.13. The number of phenolic OH excluding ortho intramolecular Hbond substituents is 1. The summed E-state index contributed by atoms with van der Waals surface area (Å²) < 4.78 is 0. The van der Waals surface area contributed by atoms with Crippen LogP contribution in [0.3, 0.4) is 0 Å². The number of amides is 1. The summed E-state index contributed by atoms with van der Waals surface area (Å²) in [6.45, 7) is 3.97. The Morgan fingerprint density at radius 2 is 1.91 bits per heavy atom. The minimum absolute atomic E-state index is 0.0932. The van der Waals surface area contributed by atoms with Crippen molar-refractivity contribution in [1.82, 2.24) is 5.43 Å². The topological polar surface area (TPSA) is 61.7 Å². The van der Waals surface area contributed by atoms with Gasteiger partial charge in [0, 0.05) is 5.02 Å². The maximum Gasteiger partial charge on any atom is 0.275 e. The summed E-state index contributed by atoms with van der Waals surface area (Å²) in [7, 11) is 0. The van der Waals surface area contributed by atoms with Crippen LogP contribution in [0.25, 0.3) is 0 Å². The number of hydrogen-bond acceptors (Lipinski definition) is 3. The molecule has 0 atom stereocenters. The van der Waals surface area contributed by atoms with Crippen molar-refractivity contribution in [2.24, 2.45) is 5.10 Å². The highest BCUT2D eigenvalue weighted by molar-refractivity contribution is 6.31. The van der Waals surface area contributed by atoms with Crippen molar-refractivity contribution in [3.63, 3.8) is 0 Å². The number of nitrogens with one attached hydrogen (secondary N) is 1. The predicted molar refractivity (Wildman–Crippen MR) is 88.6 cm³/mol. The number of aryl methyl sites for hydroxylation is 1. The number of aromatic hydroxyl groups is 1. The van der Waals surface area contributed by atoms with Crippen LogP contribution in [-0.4, -0.2) is 16.7 Å². The van der Waals surface area contributed by atoms with Crippen LogP contribution in [0.5, 0.6) is 5.75 Å². The third-order valence-corrected chi connectivity index (χ3v) is 3.45. The van der Waals surface area contributed by atoms with E-state index in [1.54, 1.807) is 0 Å². The Balaban J connectivity index is 2.19. The van der Waals surface area contributed by atoms with Gasteiger partial charge in [0.1, 0.15) is 5.75 Å². The first kappa shape index (κ1) is 16.0. The molecule has 0 radical (unpaired) electrons. The van der Waals surface area contributed by atoms with Crippen molar-refractivity contribution >= 4 is 23.2 Å². The Labute approximate surface area is 134 Å². The van der Waals surface area contributed by atoms with E-state index in [9.17, 15) is 9.90 Å². The van der Waals surface area contributed by atoms with Crippen molar-refractivity contribution in [3.05, 3.63) is 64.2 Å². The first-order valence-electron chi connectivity index (χ1n) is 6.93. The summed E-state index contributed by atoms with van der Waals surface area (Å²) in [5.74, 6) is -0.636. The molecule has 0 aliphatic rings. The molecule has 0 saturated carbocycles. The molecule has 2 rings (SSSR count). The largest absolute Gasteiger partial charge is 0.507 e. The van der Waals surface area contributed by atoms with Crippen LogP contribution in [0.4, 0.5) is 0 Å². The Kier molecular flexibility index (Phi) is 5.17. The number of carbonyl (C=O) groups excluding carboxylic acids is 1. The number of hydrazone groups is 1. The molecule has 0 aromatic heterocycles. The molecule has 2 N–H and O–H groups in total. The number of carbonyl (C=O) groups is 1. The molecule has 0 fully saturated rings. The number of nitrogens with zero attached hydrogens (tertiary/aromatic N) is 1. The summed E-state index contributed by atoms with van der Waals surface area (Å²) in [5, 5.41) is 14.2. The zero-order chi connectivity index (χ0) is 16.1. The summed E-state index contributed by atoms with van der Waals surface area (Å²) in [6, 6.07) is 12.2. The van der Waals surface area contributed by atoms with Crippen LogP contribution in [0.1, 0.15) is 34.8 Å². The number of rotatable bonds is 4. The third kappa shape index (κ3) is 3.86. The highest BCUT2D eigenvalue weighted by Gasteiger charge is 2.11. The molecule has 2 aromatic carbocycles. The van der Waals surface area contributed by atoms with Gasteiger partial charge >= 0.3 is 0 Å². The van der Waals surface area contributed by atoms with Crippen LogP contribution in [0.2, 0.25) is 5.02 Å². The van der Waals surface area contributed by atoms with Gasteiger partial charge in [0.2, 0.25) is 0 Å². The molecule has 1 amide bonds. The van der Waals surface area contributed by atoms with Crippen molar-refractivity contribution in [2.45, 2.75) is 20.3 Å². The van der Waals surface area contributed by atoms with Gasteiger partial charge in [0.05, 0.1) is 11.3 Å². The Hall–Kier alpha value is -2.33. The third-order valence-electron chi connectivity index (χ3n) is 3.22. The summed E-state index contributed by atoms with van der Waals surface area (Å²) in [5.41, 5.74) is 5.42.